The zero-order valence-corrected chi connectivity index (χ0v) is 20.3. The summed E-state index contributed by atoms with van der Waals surface area (Å²) in [6, 6.07) is 11.9. The predicted octanol–water partition coefficient (Wildman–Crippen LogP) is 4.27. The van der Waals surface area contributed by atoms with Crippen molar-refractivity contribution in [3.63, 3.8) is 0 Å². The van der Waals surface area contributed by atoms with Crippen LogP contribution in [0.4, 0.5) is 24.7 Å². The number of piperazine rings is 1. The number of hydrogen-bond acceptors (Lipinski definition) is 7. The second kappa shape index (κ2) is 11.9. The second-order valence-electron chi connectivity index (χ2n) is 8.05. The summed E-state index contributed by atoms with van der Waals surface area (Å²) in [5.74, 6) is -2.07. The molecule has 1 aliphatic rings. The Morgan fingerprint density at radius 1 is 1.03 bits per heavy atom. The Kier molecular flexibility index (Phi) is 8.90. The number of halogens is 4. The fraction of sp³-hybridized carbons (Fsp3) is 0.250. The lowest BCUT2D eigenvalue weighted by Crippen LogP contribution is -2.47. The number of phenols is 1. The summed E-state index contributed by atoms with van der Waals surface area (Å²) in [6.07, 6.45) is -1.85. The monoisotopic (exact) mass is 537 g/mol. The maximum absolute atomic E-state index is 12.9. The Labute approximate surface area is 215 Å². The average molecular weight is 538 g/mol. The van der Waals surface area contributed by atoms with E-state index in [9.17, 15) is 23.1 Å². The van der Waals surface area contributed by atoms with Crippen molar-refractivity contribution in [1.82, 2.24) is 19.8 Å². The molecule has 2 aromatic carbocycles. The zero-order chi connectivity index (χ0) is 27.2. The van der Waals surface area contributed by atoms with Gasteiger partial charge in [0.25, 0.3) is 5.91 Å². The van der Waals surface area contributed by atoms with Crippen molar-refractivity contribution >= 4 is 35.0 Å². The number of carboxylic acid groups (broad SMARTS) is 1. The fourth-order valence-electron chi connectivity index (χ4n) is 3.28. The number of nitrogens with zero attached hydrogens (tertiary/aromatic N) is 4. The molecule has 1 amide bonds. The number of aromatic hydroxyl groups is 1. The molecule has 3 N–H and O–H groups in total. The molecule has 1 fully saturated rings. The lowest BCUT2D eigenvalue weighted by molar-refractivity contribution is -0.192. The predicted molar refractivity (Wildman–Crippen MR) is 131 cm³/mol. The molecule has 2 heterocycles. The van der Waals surface area contributed by atoms with Gasteiger partial charge in [-0.25, -0.2) is 9.78 Å². The molecule has 1 aromatic heterocycles. The van der Waals surface area contributed by atoms with Crippen LogP contribution in [0.1, 0.15) is 10.4 Å². The molecule has 13 heteroatoms. The van der Waals surface area contributed by atoms with Gasteiger partial charge >= 0.3 is 12.1 Å². The Morgan fingerprint density at radius 3 is 2.24 bits per heavy atom. The van der Waals surface area contributed by atoms with Crippen LogP contribution in [0.15, 0.2) is 54.9 Å². The summed E-state index contributed by atoms with van der Waals surface area (Å²) in [5, 5.41) is 20.2. The van der Waals surface area contributed by atoms with Crippen LogP contribution >= 0.6 is 11.6 Å². The smallest absolute Gasteiger partial charge is 0.490 e. The number of amides is 1. The van der Waals surface area contributed by atoms with E-state index < -0.39 is 12.1 Å². The molecule has 1 saturated heterocycles. The van der Waals surface area contributed by atoms with E-state index in [1.54, 1.807) is 54.9 Å². The highest BCUT2D eigenvalue weighted by atomic mass is 35.5. The number of aliphatic carboxylic acids is 1. The van der Waals surface area contributed by atoms with E-state index in [-0.39, 0.29) is 11.7 Å². The lowest BCUT2D eigenvalue weighted by Gasteiger charge is -2.32. The lowest BCUT2D eigenvalue weighted by atomic mass is 10.1. The minimum Gasteiger partial charge on any atom is -0.508 e. The summed E-state index contributed by atoms with van der Waals surface area (Å²) in [5.41, 5.74) is 2.65. The summed E-state index contributed by atoms with van der Waals surface area (Å²) >= 11 is 6.36. The largest absolute Gasteiger partial charge is 0.508 e. The van der Waals surface area contributed by atoms with Crippen molar-refractivity contribution in [3.05, 3.63) is 65.4 Å². The zero-order valence-electron chi connectivity index (χ0n) is 19.5. The maximum Gasteiger partial charge on any atom is 0.490 e. The fourth-order valence-corrected chi connectivity index (χ4v) is 3.45. The van der Waals surface area contributed by atoms with Gasteiger partial charge in [0.1, 0.15) is 11.6 Å². The average Bonchev–Trinajstić information content (AvgIpc) is 2.86. The molecular weight excluding hydrogens is 515 g/mol. The topological polar surface area (TPSA) is 119 Å². The molecule has 4 rings (SSSR count). The normalized spacial score (nSPS) is 13.9. The SMILES string of the molecule is CN1CCN(C(=O)c2ccc(Cl)c(Nc3cncc(-c4ccc(O)cc4)n3)c2)CC1.O=C(O)C(F)(F)F. The minimum atomic E-state index is -5.08. The number of nitrogens with one attached hydrogen (secondary N) is 1. The third-order valence-corrected chi connectivity index (χ3v) is 5.64. The van der Waals surface area contributed by atoms with Crippen molar-refractivity contribution < 1.29 is 33.0 Å². The number of anilines is 2. The van der Waals surface area contributed by atoms with Gasteiger partial charge < -0.3 is 25.3 Å². The van der Waals surface area contributed by atoms with Crippen LogP contribution in [0.2, 0.25) is 5.02 Å². The molecule has 0 unspecified atom stereocenters. The van der Waals surface area contributed by atoms with Crippen molar-refractivity contribution in [2.75, 3.05) is 38.5 Å². The molecule has 3 aromatic rings. The number of benzene rings is 2. The van der Waals surface area contributed by atoms with Crippen LogP contribution in [-0.2, 0) is 4.79 Å². The van der Waals surface area contributed by atoms with Crippen molar-refractivity contribution in [1.29, 1.82) is 0 Å². The van der Waals surface area contributed by atoms with Crippen molar-refractivity contribution in [3.8, 4) is 17.0 Å². The molecule has 0 bridgehead atoms. The molecule has 0 spiro atoms. The molecule has 37 heavy (non-hydrogen) atoms. The van der Waals surface area contributed by atoms with Gasteiger partial charge in [-0.1, -0.05) is 11.6 Å². The van der Waals surface area contributed by atoms with Gasteiger partial charge in [0, 0.05) is 37.3 Å². The summed E-state index contributed by atoms with van der Waals surface area (Å²) < 4.78 is 31.7. The number of carboxylic acids is 1. The van der Waals surface area contributed by atoms with Gasteiger partial charge in [-0.2, -0.15) is 13.2 Å². The molecule has 1 aliphatic heterocycles. The summed E-state index contributed by atoms with van der Waals surface area (Å²) in [6.45, 7) is 3.15. The van der Waals surface area contributed by atoms with E-state index in [4.69, 9.17) is 21.5 Å². The van der Waals surface area contributed by atoms with E-state index in [0.29, 0.717) is 40.9 Å². The molecule has 0 aliphatic carbocycles. The number of carbonyl (C=O) groups is 2. The molecule has 0 atom stereocenters. The van der Waals surface area contributed by atoms with E-state index in [1.807, 2.05) is 4.90 Å². The number of rotatable bonds is 4. The van der Waals surface area contributed by atoms with Gasteiger partial charge in [-0.3, -0.25) is 9.78 Å². The van der Waals surface area contributed by atoms with Gasteiger partial charge in [-0.05, 0) is 49.5 Å². The van der Waals surface area contributed by atoms with Crippen LogP contribution in [0, 0.1) is 0 Å². The van der Waals surface area contributed by atoms with Crippen LogP contribution in [0.5, 0.6) is 5.75 Å². The van der Waals surface area contributed by atoms with Gasteiger partial charge in [0.05, 0.1) is 28.8 Å². The minimum absolute atomic E-state index is 0.00764. The van der Waals surface area contributed by atoms with E-state index >= 15 is 0 Å². The van der Waals surface area contributed by atoms with Gasteiger partial charge in [-0.15, -0.1) is 0 Å². The first kappa shape index (κ1) is 27.7. The van der Waals surface area contributed by atoms with E-state index in [1.165, 1.54) is 0 Å². The number of alkyl halides is 3. The van der Waals surface area contributed by atoms with Gasteiger partial charge in [0.15, 0.2) is 0 Å². The Bertz CT molecular complexity index is 1250. The highest BCUT2D eigenvalue weighted by Gasteiger charge is 2.38. The van der Waals surface area contributed by atoms with Gasteiger partial charge in [0.2, 0.25) is 0 Å². The third-order valence-electron chi connectivity index (χ3n) is 5.31. The quantitative estimate of drug-likeness (QED) is 0.451. The van der Waals surface area contributed by atoms with Crippen LogP contribution in [0.3, 0.4) is 0 Å². The van der Waals surface area contributed by atoms with Crippen LogP contribution in [0.25, 0.3) is 11.3 Å². The number of likely N-dealkylation sites (N-methyl/N-ethyl adjacent to an activating group) is 1. The molecule has 0 radical (unpaired) electrons. The second-order valence-corrected chi connectivity index (χ2v) is 8.46. The Morgan fingerprint density at radius 2 is 1.65 bits per heavy atom. The van der Waals surface area contributed by atoms with E-state index in [0.717, 1.165) is 18.7 Å². The molecule has 9 nitrogen and oxygen atoms in total. The first-order chi connectivity index (χ1) is 17.4. The Balaban J connectivity index is 0.000000479. The highest BCUT2D eigenvalue weighted by molar-refractivity contribution is 6.33. The Hall–Kier alpha value is -3.90. The van der Waals surface area contributed by atoms with Crippen LogP contribution < -0.4 is 5.32 Å². The first-order valence-corrected chi connectivity index (χ1v) is 11.3. The third kappa shape index (κ3) is 7.79. The summed E-state index contributed by atoms with van der Waals surface area (Å²) in [7, 11) is 2.06. The molecule has 196 valence electrons. The number of carbonyl (C=O) groups excluding carboxylic acids is 1. The number of hydrogen-bond donors (Lipinski definition) is 3. The number of aromatic nitrogens is 2. The summed E-state index contributed by atoms with van der Waals surface area (Å²) in [4.78, 5) is 34.6. The highest BCUT2D eigenvalue weighted by Crippen LogP contribution is 2.28. The first-order valence-electron chi connectivity index (χ1n) is 10.9. The number of phenolic OH excluding ortho intramolecular Hbond substituents is 1. The van der Waals surface area contributed by atoms with Crippen molar-refractivity contribution in [2.45, 2.75) is 6.18 Å². The van der Waals surface area contributed by atoms with E-state index in [2.05, 4.69) is 27.2 Å². The van der Waals surface area contributed by atoms with Crippen molar-refractivity contribution in [2.24, 2.45) is 0 Å². The molecular formula is C24H23ClF3N5O4. The van der Waals surface area contributed by atoms with Crippen LogP contribution in [-0.4, -0.2) is 81.3 Å². The molecule has 0 saturated carbocycles. The standard InChI is InChI=1S/C22H22ClN5O2.C2HF3O2/c1-27-8-10-28(11-9-27)22(30)16-4-7-18(23)19(12-16)25-21-14-24-13-20(26-21)15-2-5-17(29)6-3-15;3-2(4,5)1(6)7/h2-7,12-14,29H,8-11H2,1H3,(H,25,26);(H,6,7). The maximum atomic E-state index is 12.9.